The molecule has 0 heterocycles. The second-order valence-corrected chi connectivity index (χ2v) is 4.20. The topological polar surface area (TPSA) is 18.5 Å². The van der Waals surface area contributed by atoms with Crippen molar-refractivity contribution >= 4 is 0 Å². The highest BCUT2D eigenvalue weighted by atomic mass is 19.4. The molecule has 0 spiro atoms. The lowest BCUT2D eigenvalue weighted by Crippen LogP contribution is -2.16. The predicted molar refractivity (Wildman–Crippen MR) is 74.3 cm³/mol. The van der Waals surface area contributed by atoms with Gasteiger partial charge in [-0.05, 0) is 35.4 Å². The zero-order chi connectivity index (χ0) is 15.3. The van der Waals surface area contributed by atoms with Gasteiger partial charge in [0, 0.05) is 0 Å². The quantitative estimate of drug-likeness (QED) is 0.736. The molecule has 0 saturated heterocycles. The van der Waals surface area contributed by atoms with E-state index < -0.39 is 6.36 Å². The lowest BCUT2D eigenvalue weighted by atomic mass is 10.1. The summed E-state index contributed by atoms with van der Waals surface area (Å²) in [7, 11) is 0. The molecule has 2 nitrogen and oxygen atoms in total. The van der Waals surface area contributed by atoms with Crippen LogP contribution in [0.2, 0.25) is 0 Å². The minimum Gasteiger partial charge on any atom is -0.490 e. The van der Waals surface area contributed by atoms with Crippen LogP contribution in [-0.2, 0) is 0 Å². The molecule has 0 atom stereocenters. The second-order valence-electron chi connectivity index (χ2n) is 4.20. The number of hydrogen-bond donors (Lipinski definition) is 0. The Kier molecular flexibility index (Phi) is 4.52. The van der Waals surface area contributed by atoms with Crippen LogP contribution in [0.4, 0.5) is 13.2 Å². The van der Waals surface area contributed by atoms with Crippen LogP contribution in [-0.4, -0.2) is 13.0 Å². The fraction of sp³-hybridized carbons (Fsp3) is 0.125. The van der Waals surface area contributed by atoms with Crippen LogP contribution in [0.3, 0.4) is 0 Å². The summed E-state index contributed by atoms with van der Waals surface area (Å²) in [6.07, 6.45) is -3.03. The van der Waals surface area contributed by atoms with Crippen LogP contribution in [0.15, 0.2) is 61.2 Å². The summed E-state index contributed by atoms with van der Waals surface area (Å²) in [5.74, 6) is 0.466. The molecule has 5 heteroatoms. The smallest absolute Gasteiger partial charge is 0.490 e. The summed E-state index contributed by atoms with van der Waals surface area (Å²) >= 11 is 0. The van der Waals surface area contributed by atoms with Gasteiger partial charge in [0.2, 0.25) is 0 Å². The zero-order valence-corrected chi connectivity index (χ0v) is 11.1. The molecular weight excluding hydrogens is 281 g/mol. The van der Waals surface area contributed by atoms with Crippen molar-refractivity contribution in [3.8, 4) is 22.6 Å². The molecule has 0 bridgehead atoms. The van der Waals surface area contributed by atoms with Gasteiger partial charge < -0.3 is 9.47 Å². The Balaban J connectivity index is 2.09. The first-order valence-corrected chi connectivity index (χ1v) is 6.18. The summed E-state index contributed by atoms with van der Waals surface area (Å²) in [5, 5.41) is 0. The fourth-order valence-electron chi connectivity index (χ4n) is 1.75. The SMILES string of the molecule is C=CCOc1ccc(-c2ccc(OC(F)(F)F)cc2)cc1. The zero-order valence-electron chi connectivity index (χ0n) is 11.1. The Bertz CT molecular complexity index is 586. The van der Waals surface area contributed by atoms with Crippen LogP contribution < -0.4 is 9.47 Å². The molecule has 2 rings (SSSR count). The number of ether oxygens (including phenoxy) is 2. The molecule has 0 fully saturated rings. The Labute approximate surface area is 120 Å². The van der Waals surface area contributed by atoms with E-state index in [0.29, 0.717) is 12.4 Å². The third kappa shape index (κ3) is 4.56. The van der Waals surface area contributed by atoms with Crippen LogP contribution in [0.5, 0.6) is 11.5 Å². The molecule has 2 aromatic rings. The molecule has 0 radical (unpaired) electrons. The Hall–Kier alpha value is -2.43. The Morgan fingerprint density at radius 2 is 1.33 bits per heavy atom. The van der Waals surface area contributed by atoms with Gasteiger partial charge in [-0.25, -0.2) is 0 Å². The Morgan fingerprint density at radius 1 is 0.857 bits per heavy atom. The van der Waals surface area contributed by atoms with E-state index in [-0.39, 0.29) is 5.75 Å². The van der Waals surface area contributed by atoms with Crippen molar-refractivity contribution in [2.24, 2.45) is 0 Å². The number of alkyl halides is 3. The monoisotopic (exact) mass is 294 g/mol. The van der Waals surface area contributed by atoms with E-state index in [1.54, 1.807) is 30.3 Å². The average molecular weight is 294 g/mol. The maximum absolute atomic E-state index is 12.1. The highest BCUT2D eigenvalue weighted by Crippen LogP contribution is 2.27. The first-order chi connectivity index (χ1) is 9.98. The van der Waals surface area contributed by atoms with E-state index in [0.717, 1.165) is 11.1 Å². The number of halogens is 3. The molecule has 110 valence electrons. The van der Waals surface area contributed by atoms with Crippen molar-refractivity contribution < 1.29 is 22.6 Å². The van der Waals surface area contributed by atoms with E-state index in [4.69, 9.17) is 4.74 Å². The summed E-state index contributed by atoms with van der Waals surface area (Å²) < 4.78 is 45.4. The molecule has 0 saturated carbocycles. The normalized spacial score (nSPS) is 11.0. The van der Waals surface area contributed by atoms with Crippen LogP contribution in [0.25, 0.3) is 11.1 Å². The van der Waals surface area contributed by atoms with E-state index in [1.165, 1.54) is 12.1 Å². The highest BCUT2D eigenvalue weighted by molar-refractivity contribution is 5.64. The van der Waals surface area contributed by atoms with E-state index in [9.17, 15) is 13.2 Å². The minimum absolute atomic E-state index is 0.239. The van der Waals surface area contributed by atoms with Crippen molar-refractivity contribution in [3.05, 3.63) is 61.2 Å². The maximum Gasteiger partial charge on any atom is 0.573 e. The molecule has 0 amide bonds. The molecule has 0 unspecified atom stereocenters. The summed E-state index contributed by atoms with van der Waals surface area (Å²) in [6, 6.07) is 12.9. The van der Waals surface area contributed by atoms with E-state index in [1.807, 2.05) is 12.1 Å². The van der Waals surface area contributed by atoms with Gasteiger partial charge in [0.05, 0.1) is 0 Å². The molecule has 0 aliphatic carbocycles. The van der Waals surface area contributed by atoms with Crippen LogP contribution in [0.1, 0.15) is 0 Å². The first-order valence-electron chi connectivity index (χ1n) is 6.18. The second kappa shape index (κ2) is 6.35. The van der Waals surface area contributed by atoms with Crippen molar-refractivity contribution in [1.82, 2.24) is 0 Å². The highest BCUT2D eigenvalue weighted by Gasteiger charge is 2.30. The maximum atomic E-state index is 12.1. The van der Waals surface area contributed by atoms with E-state index in [2.05, 4.69) is 11.3 Å². The van der Waals surface area contributed by atoms with Gasteiger partial charge in [-0.2, -0.15) is 0 Å². The minimum atomic E-state index is -4.67. The van der Waals surface area contributed by atoms with Crippen molar-refractivity contribution in [2.45, 2.75) is 6.36 Å². The van der Waals surface area contributed by atoms with Gasteiger partial charge in [-0.1, -0.05) is 36.9 Å². The third-order valence-corrected chi connectivity index (χ3v) is 2.64. The summed E-state index contributed by atoms with van der Waals surface area (Å²) in [4.78, 5) is 0. The first kappa shape index (κ1) is 15.0. The van der Waals surface area contributed by atoms with Crippen molar-refractivity contribution in [1.29, 1.82) is 0 Å². The lowest BCUT2D eigenvalue weighted by Gasteiger charge is -2.09. The average Bonchev–Trinajstić information content (AvgIpc) is 2.45. The molecule has 0 aliphatic heterocycles. The summed E-state index contributed by atoms with van der Waals surface area (Å²) in [5.41, 5.74) is 1.67. The molecule has 0 N–H and O–H groups in total. The van der Waals surface area contributed by atoms with Crippen molar-refractivity contribution in [2.75, 3.05) is 6.61 Å². The lowest BCUT2D eigenvalue weighted by molar-refractivity contribution is -0.274. The van der Waals surface area contributed by atoms with Crippen LogP contribution >= 0.6 is 0 Å². The standard InChI is InChI=1S/C16H13F3O2/c1-2-11-20-14-7-3-12(4-8-14)13-5-9-15(10-6-13)21-16(17,18)19/h2-10H,1,11H2. The van der Waals surface area contributed by atoms with Gasteiger partial charge in [0.15, 0.2) is 0 Å². The number of benzene rings is 2. The van der Waals surface area contributed by atoms with Gasteiger partial charge in [0.25, 0.3) is 0 Å². The number of rotatable bonds is 5. The predicted octanol–water partition coefficient (Wildman–Crippen LogP) is 4.82. The van der Waals surface area contributed by atoms with E-state index >= 15 is 0 Å². The number of hydrogen-bond acceptors (Lipinski definition) is 2. The van der Waals surface area contributed by atoms with Gasteiger partial charge in [-0.3, -0.25) is 0 Å². The van der Waals surface area contributed by atoms with Gasteiger partial charge in [0.1, 0.15) is 18.1 Å². The fourth-order valence-corrected chi connectivity index (χ4v) is 1.75. The molecule has 0 aromatic heterocycles. The van der Waals surface area contributed by atoms with Gasteiger partial charge >= 0.3 is 6.36 Å². The van der Waals surface area contributed by atoms with Crippen LogP contribution in [0, 0.1) is 0 Å². The summed E-state index contributed by atoms with van der Waals surface area (Å²) in [6.45, 7) is 3.98. The van der Waals surface area contributed by atoms with Crippen molar-refractivity contribution in [3.63, 3.8) is 0 Å². The molecule has 21 heavy (non-hydrogen) atoms. The Morgan fingerprint density at radius 3 is 1.76 bits per heavy atom. The molecule has 0 aliphatic rings. The third-order valence-electron chi connectivity index (χ3n) is 2.64. The molecule has 2 aromatic carbocycles. The molecular formula is C16H13F3O2. The van der Waals surface area contributed by atoms with Gasteiger partial charge in [-0.15, -0.1) is 13.2 Å². The largest absolute Gasteiger partial charge is 0.573 e.